The van der Waals surface area contributed by atoms with E-state index in [4.69, 9.17) is 15.2 Å². The second-order valence-electron chi connectivity index (χ2n) is 5.48. The summed E-state index contributed by atoms with van der Waals surface area (Å²) in [5, 5.41) is 2.99. The van der Waals surface area contributed by atoms with E-state index < -0.39 is 6.04 Å². The van der Waals surface area contributed by atoms with E-state index in [0.717, 1.165) is 24.2 Å². The van der Waals surface area contributed by atoms with Gasteiger partial charge in [0.15, 0.2) is 0 Å². The predicted molar refractivity (Wildman–Crippen MR) is 81.1 cm³/mol. The van der Waals surface area contributed by atoms with Gasteiger partial charge in [-0.1, -0.05) is 12.1 Å². The largest absolute Gasteiger partial charge is 0.497 e. The lowest BCUT2D eigenvalue weighted by molar-refractivity contribution is -0.125. The lowest BCUT2D eigenvalue weighted by Gasteiger charge is -2.28. The van der Waals surface area contributed by atoms with E-state index in [2.05, 4.69) is 5.32 Å². The number of carbonyl (C=O) groups excluding carboxylic acids is 1. The summed E-state index contributed by atoms with van der Waals surface area (Å²) in [5.74, 6) is 0.920. The van der Waals surface area contributed by atoms with Gasteiger partial charge in [0.25, 0.3) is 0 Å². The lowest BCUT2D eigenvalue weighted by atomic mass is 9.91. The topological polar surface area (TPSA) is 73.6 Å². The van der Waals surface area contributed by atoms with Crippen molar-refractivity contribution in [1.29, 1.82) is 0 Å². The number of nitrogens with one attached hydrogen (secondary N) is 1. The van der Waals surface area contributed by atoms with Gasteiger partial charge in [0, 0.05) is 13.2 Å². The Kier molecular flexibility index (Phi) is 5.59. The highest BCUT2D eigenvalue weighted by molar-refractivity contribution is 5.82. The van der Waals surface area contributed by atoms with Crippen LogP contribution in [0.2, 0.25) is 0 Å². The monoisotopic (exact) mass is 292 g/mol. The van der Waals surface area contributed by atoms with Gasteiger partial charge in [-0.3, -0.25) is 4.79 Å². The van der Waals surface area contributed by atoms with Gasteiger partial charge in [-0.2, -0.15) is 0 Å². The molecule has 5 heteroatoms. The highest BCUT2D eigenvalue weighted by Crippen LogP contribution is 2.20. The first-order valence-electron chi connectivity index (χ1n) is 7.39. The van der Waals surface area contributed by atoms with Crippen molar-refractivity contribution < 1.29 is 14.3 Å². The fourth-order valence-corrected chi connectivity index (χ4v) is 2.57. The molecule has 1 aromatic carbocycles. The van der Waals surface area contributed by atoms with E-state index in [9.17, 15) is 4.79 Å². The average Bonchev–Trinajstić information content (AvgIpc) is 2.55. The van der Waals surface area contributed by atoms with Gasteiger partial charge in [0.05, 0.1) is 19.2 Å². The van der Waals surface area contributed by atoms with Crippen LogP contribution < -0.4 is 15.8 Å². The van der Waals surface area contributed by atoms with Gasteiger partial charge in [-0.15, -0.1) is 0 Å². The molecule has 1 saturated heterocycles. The van der Waals surface area contributed by atoms with E-state index in [0.29, 0.717) is 13.2 Å². The average molecular weight is 292 g/mol. The molecule has 0 aliphatic carbocycles. The normalized spacial score (nSPS) is 18.8. The number of ether oxygens (including phenoxy) is 2. The Hall–Kier alpha value is -1.59. The van der Waals surface area contributed by atoms with Gasteiger partial charge < -0.3 is 20.5 Å². The summed E-state index contributed by atoms with van der Waals surface area (Å²) in [6.07, 6.45) is 1.71. The van der Waals surface area contributed by atoms with Gasteiger partial charge >= 0.3 is 0 Å². The highest BCUT2D eigenvalue weighted by atomic mass is 16.5. The molecule has 116 valence electrons. The van der Waals surface area contributed by atoms with Crippen LogP contribution in [0.1, 0.15) is 31.4 Å². The van der Waals surface area contributed by atoms with Crippen LogP contribution in [0.3, 0.4) is 0 Å². The smallest absolute Gasteiger partial charge is 0.237 e. The number of rotatable bonds is 5. The molecule has 2 atom stereocenters. The highest BCUT2D eigenvalue weighted by Gasteiger charge is 2.27. The summed E-state index contributed by atoms with van der Waals surface area (Å²) in [4.78, 5) is 12.2. The lowest BCUT2D eigenvalue weighted by Crippen LogP contribution is -2.47. The molecule has 1 fully saturated rings. The summed E-state index contributed by atoms with van der Waals surface area (Å²) < 4.78 is 10.4. The van der Waals surface area contributed by atoms with Crippen LogP contribution in [-0.2, 0) is 9.53 Å². The summed E-state index contributed by atoms with van der Waals surface area (Å²) >= 11 is 0. The standard InChI is InChI=1S/C16H24N2O3/c1-11(12-3-5-14(20-2)6-4-12)18-16(19)15(17)13-7-9-21-10-8-13/h3-6,11,13,15H,7-10,17H2,1-2H3,(H,18,19). The Balaban J connectivity index is 1.90. The molecule has 1 heterocycles. The first-order chi connectivity index (χ1) is 10.1. The van der Waals surface area contributed by atoms with Crippen LogP contribution >= 0.6 is 0 Å². The molecule has 0 spiro atoms. The molecule has 1 aromatic rings. The molecular weight excluding hydrogens is 268 g/mol. The van der Waals surface area contributed by atoms with Crippen molar-refractivity contribution in [2.75, 3.05) is 20.3 Å². The summed E-state index contributed by atoms with van der Waals surface area (Å²) in [7, 11) is 1.63. The zero-order valence-electron chi connectivity index (χ0n) is 12.7. The number of benzene rings is 1. The molecule has 2 unspecified atom stereocenters. The summed E-state index contributed by atoms with van der Waals surface area (Å²) in [6.45, 7) is 3.34. The second kappa shape index (κ2) is 7.43. The molecule has 1 amide bonds. The van der Waals surface area contributed by atoms with Crippen LogP contribution in [-0.4, -0.2) is 32.3 Å². The molecule has 5 nitrogen and oxygen atoms in total. The van der Waals surface area contributed by atoms with Crippen LogP contribution in [0.25, 0.3) is 0 Å². The van der Waals surface area contributed by atoms with Gasteiger partial charge in [-0.25, -0.2) is 0 Å². The predicted octanol–water partition coefficient (Wildman–Crippen LogP) is 1.63. The molecule has 0 bridgehead atoms. The molecule has 21 heavy (non-hydrogen) atoms. The zero-order chi connectivity index (χ0) is 15.2. The van der Waals surface area contributed by atoms with Crippen molar-refractivity contribution in [2.45, 2.75) is 31.8 Å². The quantitative estimate of drug-likeness (QED) is 0.865. The SMILES string of the molecule is COc1ccc(C(C)NC(=O)C(N)C2CCOCC2)cc1. The Bertz CT molecular complexity index is 455. The Morgan fingerprint density at radius 2 is 1.95 bits per heavy atom. The third-order valence-electron chi connectivity index (χ3n) is 4.05. The third kappa shape index (κ3) is 4.19. The molecule has 0 radical (unpaired) electrons. The summed E-state index contributed by atoms with van der Waals surface area (Å²) in [5.41, 5.74) is 7.11. The van der Waals surface area contributed by atoms with Gasteiger partial charge in [0.2, 0.25) is 5.91 Å². The van der Waals surface area contributed by atoms with Crippen LogP contribution in [0.15, 0.2) is 24.3 Å². The maximum Gasteiger partial charge on any atom is 0.237 e. The Morgan fingerprint density at radius 3 is 2.52 bits per heavy atom. The molecule has 3 N–H and O–H groups in total. The minimum Gasteiger partial charge on any atom is -0.497 e. The van der Waals surface area contributed by atoms with E-state index >= 15 is 0 Å². The molecule has 2 rings (SSSR count). The van der Waals surface area contributed by atoms with Crippen molar-refractivity contribution in [3.8, 4) is 5.75 Å². The maximum absolute atomic E-state index is 12.2. The van der Waals surface area contributed by atoms with Gasteiger partial charge in [0.1, 0.15) is 5.75 Å². The molecule has 1 aliphatic rings. The number of hydrogen-bond acceptors (Lipinski definition) is 4. The van der Waals surface area contributed by atoms with Crippen LogP contribution in [0, 0.1) is 5.92 Å². The molecular formula is C16H24N2O3. The Morgan fingerprint density at radius 1 is 1.33 bits per heavy atom. The van der Waals surface area contributed by atoms with Crippen molar-refractivity contribution in [1.82, 2.24) is 5.32 Å². The van der Waals surface area contributed by atoms with Gasteiger partial charge in [-0.05, 0) is 43.4 Å². The molecule has 0 aromatic heterocycles. The minimum atomic E-state index is -0.463. The van der Waals surface area contributed by atoms with Crippen molar-refractivity contribution in [3.63, 3.8) is 0 Å². The number of methoxy groups -OCH3 is 1. The van der Waals surface area contributed by atoms with E-state index in [1.807, 2.05) is 31.2 Å². The van der Waals surface area contributed by atoms with Crippen molar-refractivity contribution in [2.24, 2.45) is 11.7 Å². The number of carbonyl (C=O) groups is 1. The van der Waals surface area contributed by atoms with Crippen LogP contribution in [0.4, 0.5) is 0 Å². The van der Waals surface area contributed by atoms with E-state index in [-0.39, 0.29) is 17.9 Å². The maximum atomic E-state index is 12.2. The number of amides is 1. The first-order valence-corrected chi connectivity index (χ1v) is 7.39. The fraction of sp³-hybridized carbons (Fsp3) is 0.562. The van der Waals surface area contributed by atoms with E-state index in [1.165, 1.54) is 0 Å². The summed E-state index contributed by atoms with van der Waals surface area (Å²) in [6, 6.07) is 7.13. The minimum absolute atomic E-state index is 0.0747. The fourth-order valence-electron chi connectivity index (χ4n) is 2.57. The van der Waals surface area contributed by atoms with Crippen molar-refractivity contribution in [3.05, 3.63) is 29.8 Å². The third-order valence-corrected chi connectivity index (χ3v) is 4.05. The molecule has 0 saturated carbocycles. The van der Waals surface area contributed by atoms with Crippen LogP contribution in [0.5, 0.6) is 5.75 Å². The molecule has 1 aliphatic heterocycles. The number of hydrogen-bond donors (Lipinski definition) is 2. The Labute approximate surface area is 125 Å². The van der Waals surface area contributed by atoms with E-state index in [1.54, 1.807) is 7.11 Å². The van der Waals surface area contributed by atoms with Crippen molar-refractivity contribution >= 4 is 5.91 Å². The zero-order valence-corrected chi connectivity index (χ0v) is 12.7. The number of nitrogens with two attached hydrogens (primary N) is 1. The second-order valence-corrected chi connectivity index (χ2v) is 5.48. The first kappa shape index (κ1) is 15.8.